The van der Waals surface area contributed by atoms with Crippen LogP contribution >= 0.6 is 11.6 Å². The molecule has 1 atom stereocenters. The van der Waals surface area contributed by atoms with Gasteiger partial charge in [-0.3, -0.25) is 9.69 Å². The summed E-state index contributed by atoms with van der Waals surface area (Å²) in [5, 5.41) is 13.4. The number of carbonyl (C=O) groups excluding carboxylic acids is 1. The van der Waals surface area contributed by atoms with Crippen LogP contribution in [-0.4, -0.2) is 41.6 Å². The fourth-order valence-electron chi connectivity index (χ4n) is 2.19. The topological polar surface area (TPSA) is 52.6 Å². The molecular formula is C15H21ClN2O2. The Morgan fingerprint density at radius 2 is 2.10 bits per heavy atom. The Balaban J connectivity index is 1.76. The molecule has 1 fully saturated rings. The molecule has 0 aromatic heterocycles. The van der Waals surface area contributed by atoms with Gasteiger partial charge in [0, 0.05) is 17.6 Å². The standard InChI is InChI=1S/C15H21ClN2O2/c1-2-18(13-7-8-13)10-15(20)17-9-14(19)11-3-5-12(16)6-4-11/h3-6,13-14,19H,2,7-10H2,1H3,(H,17,20). The third kappa shape index (κ3) is 4.47. The van der Waals surface area contributed by atoms with Gasteiger partial charge in [-0.25, -0.2) is 0 Å². The minimum Gasteiger partial charge on any atom is -0.387 e. The Bertz CT molecular complexity index is 446. The first-order chi connectivity index (χ1) is 9.60. The molecule has 1 aliphatic rings. The summed E-state index contributed by atoms with van der Waals surface area (Å²) in [5.74, 6) is -0.0354. The summed E-state index contributed by atoms with van der Waals surface area (Å²) in [5.41, 5.74) is 0.754. The van der Waals surface area contributed by atoms with Gasteiger partial charge in [0.2, 0.25) is 5.91 Å². The number of nitrogens with zero attached hydrogens (tertiary/aromatic N) is 1. The maximum Gasteiger partial charge on any atom is 0.234 e. The first-order valence-corrected chi connectivity index (χ1v) is 7.42. The van der Waals surface area contributed by atoms with E-state index in [1.807, 2.05) is 0 Å². The van der Waals surface area contributed by atoms with E-state index in [4.69, 9.17) is 11.6 Å². The average molecular weight is 297 g/mol. The molecule has 1 amide bonds. The number of likely N-dealkylation sites (N-methyl/N-ethyl adjacent to an activating group) is 1. The normalized spacial score (nSPS) is 16.2. The number of carbonyl (C=O) groups is 1. The van der Waals surface area contributed by atoms with Gasteiger partial charge in [0.25, 0.3) is 0 Å². The predicted molar refractivity (Wildman–Crippen MR) is 79.7 cm³/mol. The number of hydrogen-bond donors (Lipinski definition) is 2. The molecule has 20 heavy (non-hydrogen) atoms. The van der Waals surface area contributed by atoms with Gasteiger partial charge >= 0.3 is 0 Å². The number of halogens is 1. The van der Waals surface area contributed by atoms with Crippen LogP contribution in [0.25, 0.3) is 0 Å². The van der Waals surface area contributed by atoms with Crippen LogP contribution < -0.4 is 5.32 Å². The summed E-state index contributed by atoms with van der Waals surface area (Å²) in [7, 11) is 0. The number of amides is 1. The quantitative estimate of drug-likeness (QED) is 0.809. The van der Waals surface area contributed by atoms with Crippen LogP contribution in [0.1, 0.15) is 31.4 Å². The van der Waals surface area contributed by atoms with Gasteiger partial charge in [0.05, 0.1) is 12.6 Å². The first kappa shape index (κ1) is 15.3. The third-order valence-electron chi connectivity index (χ3n) is 3.56. The lowest BCUT2D eigenvalue weighted by Gasteiger charge is -2.19. The minimum absolute atomic E-state index is 0.0354. The highest BCUT2D eigenvalue weighted by molar-refractivity contribution is 6.30. The van der Waals surface area contributed by atoms with Crippen molar-refractivity contribution in [1.29, 1.82) is 0 Å². The zero-order valence-electron chi connectivity index (χ0n) is 11.7. The predicted octanol–water partition coefficient (Wildman–Crippen LogP) is 1.97. The van der Waals surface area contributed by atoms with Crippen LogP contribution in [0.2, 0.25) is 5.02 Å². The fourth-order valence-corrected chi connectivity index (χ4v) is 2.32. The molecule has 1 saturated carbocycles. The maximum atomic E-state index is 11.8. The molecule has 0 bridgehead atoms. The van der Waals surface area contributed by atoms with E-state index in [0.717, 1.165) is 12.1 Å². The van der Waals surface area contributed by atoms with Gasteiger partial charge in [0.15, 0.2) is 0 Å². The molecule has 1 aliphatic carbocycles. The summed E-state index contributed by atoms with van der Waals surface area (Å²) < 4.78 is 0. The van der Waals surface area contributed by atoms with Crippen LogP contribution in [0.3, 0.4) is 0 Å². The molecule has 0 aliphatic heterocycles. The number of hydrogen-bond acceptors (Lipinski definition) is 3. The Kier molecular flexibility index (Phi) is 5.40. The van der Waals surface area contributed by atoms with Gasteiger partial charge in [-0.15, -0.1) is 0 Å². The number of benzene rings is 1. The SMILES string of the molecule is CCN(CC(=O)NCC(O)c1ccc(Cl)cc1)C1CC1. The highest BCUT2D eigenvalue weighted by Gasteiger charge is 2.28. The molecule has 2 rings (SSSR count). The number of aliphatic hydroxyl groups excluding tert-OH is 1. The highest BCUT2D eigenvalue weighted by Crippen LogP contribution is 2.26. The van der Waals surface area contributed by atoms with Crippen LogP contribution in [0.15, 0.2) is 24.3 Å². The molecule has 1 aromatic rings. The van der Waals surface area contributed by atoms with E-state index >= 15 is 0 Å². The van der Waals surface area contributed by atoms with Crippen molar-refractivity contribution >= 4 is 17.5 Å². The highest BCUT2D eigenvalue weighted by atomic mass is 35.5. The van der Waals surface area contributed by atoms with Crippen molar-refractivity contribution in [2.24, 2.45) is 0 Å². The molecule has 1 unspecified atom stereocenters. The molecule has 5 heteroatoms. The van der Waals surface area contributed by atoms with Crippen molar-refractivity contribution in [2.75, 3.05) is 19.6 Å². The van der Waals surface area contributed by atoms with Crippen molar-refractivity contribution in [1.82, 2.24) is 10.2 Å². The lowest BCUT2D eigenvalue weighted by Crippen LogP contribution is -2.39. The van der Waals surface area contributed by atoms with Gasteiger partial charge in [-0.1, -0.05) is 30.7 Å². The fraction of sp³-hybridized carbons (Fsp3) is 0.533. The second-order valence-electron chi connectivity index (χ2n) is 5.17. The lowest BCUT2D eigenvalue weighted by atomic mass is 10.1. The van der Waals surface area contributed by atoms with Gasteiger partial charge in [-0.2, -0.15) is 0 Å². The van der Waals surface area contributed by atoms with Crippen molar-refractivity contribution in [2.45, 2.75) is 31.9 Å². The molecule has 110 valence electrons. The smallest absolute Gasteiger partial charge is 0.234 e. The van der Waals surface area contributed by atoms with E-state index in [2.05, 4.69) is 17.1 Å². The minimum atomic E-state index is -0.702. The van der Waals surface area contributed by atoms with Crippen LogP contribution in [0, 0.1) is 0 Å². The molecular weight excluding hydrogens is 276 g/mol. The van der Waals surface area contributed by atoms with E-state index in [9.17, 15) is 9.90 Å². The number of aliphatic hydroxyl groups is 1. The summed E-state index contributed by atoms with van der Waals surface area (Å²) in [6.07, 6.45) is 1.68. The second kappa shape index (κ2) is 7.07. The largest absolute Gasteiger partial charge is 0.387 e. The zero-order chi connectivity index (χ0) is 14.5. The lowest BCUT2D eigenvalue weighted by molar-refractivity contribution is -0.122. The van der Waals surface area contributed by atoms with Gasteiger partial charge < -0.3 is 10.4 Å². The zero-order valence-corrected chi connectivity index (χ0v) is 12.4. The average Bonchev–Trinajstić information content (AvgIpc) is 3.27. The van der Waals surface area contributed by atoms with E-state index in [0.29, 0.717) is 17.6 Å². The first-order valence-electron chi connectivity index (χ1n) is 7.04. The number of nitrogens with one attached hydrogen (secondary N) is 1. The van der Waals surface area contributed by atoms with Crippen molar-refractivity contribution in [3.63, 3.8) is 0 Å². The Morgan fingerprint density at radius 1 is 1.45 bits per heavy atom. The molecule has 4 nitrogen and oxygen atoms in total. The van der Waals surface area contributed by atoms with Crippen LogP contribution in [0.5, 0.6) is 0 Å². The van der Waals surface area contributed by atoms with Crippen LogP contribution in [-0.2, 0) is 4.79 Å². The van der Waals surface area contributed by atoms with Crippen molar-refractivity contribution < 1.29 is 9.90 Å². The molecule has 2 N–H and O–H groups in total. The van der Waals surface area contributed by atoms with Gasteiger partial charge in [-0.05, 0) is 37.1 Å². The Labute approximate surface area is 124 Å². The molecule has 0 heterocycles. The summed E-state index contributed by atoms with van der Waals surface area (Å²) >= 11 is 5.80. The van der Waals surface area contributed by atoms with E-state index in [1.165, 1.54) is 12.8 Å². The third-order valence-corrected chi connectivity index (χ3v) is 3.82. The van der Waals surface area contributed by atoms with Gasteiger partial charge in [0.1, 0.15) is 0 Å². The Hall–Kier alpha value is -1.10. The maximum absolute atomic E-state index is 11.8. The molecule has 1 aromatic carbocycles. The molecule has 0 saturated heterocycles. The van der Waals surface area contributed by atoms with E-state index in [-0.39, 0.29) is 12.5 Å². The monoisotopic (exact) mass is 296 g/mol. The van der Waals surface area contributed by atoms with E-state index in [1.54, 1.807) is 24.3 Å². The summed E-state index contributed by atoms with van der Waals surface area (Å²) in [4.78, 5) is 14.0. The second-order valence-corrected chi connectivity index (χ2v) is 5.60. The molecule has 0 spiro atoms. The summed E-state index contributed by atoms with van der Waals surface area (Å²) in [6, 6.07) is 7.57. The summed E-state index contributed by atoms with van der Waals surface area (Å²) in [6.45, 7) is 3.59. The van der Waals surface area contributed by atoms with Crippen molar-refractivity contribution in [3.8, 4) is 0 Å². The van der Waals surface area contributed by atoms with E-state index < -0.39 is 6.10 Å². The Morgan fingerprint density at radius 3 is 2.65 bits per heavy atom. The molecule has 0 radical (unpaired) electrons. The van der Waals surface area contributed by atoms with Crippen molar-refractivity contribution in [3.05, 3.63) is 34.9 Å². The van der Waals surface area contributed by atoms with Crippen LogP contribution in [0.4, 0.5) is 0 Å². The number of rotatable bonds is 7.